The molecule has 114 valence electrons. The van der Waals surface area contributed by atoms with Gasteiger partial charge in [-0.2, -0.15) is 0 Å². The molecule has 3 heterocycles. The zero-order valence-corrected chi connectivity index (χ0v) is 13.1. The summed E-state index contributed by atoms with van der Waals surface area (Å²) in [5, 5.41) is 8.74. The molecular weight excluding hydrogens is 290 g/mol. The van der Waals surface area contributed by atoms with Gasteiger partial charge in [-0.25, -0.2) is 4.98 Å². The number of pyridine rings is 1. The number of methoxy groups -OCH3 is 1. The molecule has 4 aromatic rings. The van der Waals surface area contributed by atoms with Crippen LogP contribution < -0.4 is 4.74 Å². The van der Waals surface area contributed by atoms with Gasteiger partial charge in [-0.05, 0) is 37.6 Å². The highest BCUT2D eigenvalue weighted by Gasteiger charge is 2.17. The van der Waals surface area contributed by atoms with Crippen LogP contribution in [-0.2, 0) is 0 Å². The van der Waals surface area contributed by atoms with Crippen molar-refractivity contribution in [2.75, 3.05) is 7.11 Å². The molecule has 0 atom stereocenters. The van der Waals surface area contributed by atoms with E-state index in [0.717, 1.165) is 45.1 Å². The lowest BCUT2D eigenvalue weighted by Gasteiger charge is -2.11. The number of fused-ring (bicyclic) bond motifs is 3. The number of ether oxygens (including phenoxy) is 1. The molecule has 0 aliphatic carbocycles. The highest BCUT2D eigenvalue weighted by atomic mass is 16.5. The van der Waals surface area contributed by atoms with E-state index in [1.54, 1.807) is 13.3 Å². The fourth-order valence-electron chi connectivity index (χ4n) is 2.85. The van der Waals surface area contributed by atoms with Gasteiger partial charge in [-0.3, -0.25) is 9.38 Å². The average Bonchev–Trinajstić information content (AvgIpc) is 3.00. The zero-order chi connectivity index (χ0) is 16.0. The lowest BCUT2D eigenvalue weighted by Crippen LogP contribution is -2.00. The lowest BCUT2D eigenvalue weighted by molar-refractivity contribution is 0.418. The first kappa shape index (κ1) is 13.6. The van der Waals surface area contributed by atoms with E-state index >= 15 is 0 Å². The Kier molecular flexibility index (Phi) is 2.97. The van der Waals surface area contributed by atoms with Crippen LogP contribution in [0.3, 0.4) is 0 Å². The number of nitrogens with zero attached hydrogens (tertiary/aromatic N) is 5. The predicted molar refractivity (Wildman–Crippen MR) is 87.5 cm³/mol. The minimum atomic E-state index is 0.730. The Labute approximate surface area is 132 Å². The molecule has 6 heteroatoms. The molecule has 23 heavy (non-hydrogen) atoms. The topological polar surface area (TPSA) is 65.2 Å². The molecule has 0 saturated carbocycles. The van der Waals surface area contributed by atoms with E-state index < -0.39 is 0 Å². The Hall–Kier alpha value is -3.02. The van der Waals surface area contributed by atoms with Gasteiger partial charge in [0.15, 0.2) is 11.5 Å². The number of hydrogen-bond acceptors (Lipinski definition) is 5. The first-order valence-electron chi connectivity index (χ1n) is 7.30. The van der Waals surface area contributed by atoms with Gasteiger partial charge in [0.1, 0.15) is 11.3 Å². The van der Waals surface area contributed by atoms with Crippen molar-refractivity contribution in [3.8, 4) is 17.1 Å². The van der Waals surface area contributed by atoms with E-state index in [2.05, 4.69) is 20.2 Å². The van der Waals surface area contributed by atoms with Crippen molar-refractivity contribution in [2.24, 2.45) is 0 Å². The van der Waals surface area contributed by atoms with Crippen LogP contribution in [0.1, 0.15) is 11.3 Å². The zero-order valence-electron chi connectivity index (χ0n) is 13.1. The van der Waals surface area contributed by atoms with Crippen molar-refractivity contribution in [1.82, 2.24) is 24.6 Å². The SMILES string of the molecule is COc1cccc2nc(C)c3nnc(-c4ccncc4C)n3c12. The van der Waals surface area contributed by atoms with Crippen LogP contribution in [0.4, 0.5) is 0 Å². The van der Waals surface area contributed by atoms with Crippen LogP contribution in [0.15, 0.2) is 36.7 Å². The fourth-order valence-corrected chi connectivity index (χ4v) is 2.85. The third kappa shape index (κ3) is 1.95. The Morgan fingerprint density at radius 1 is 1.09 bits per heavy atom. The van der Waals surface area contributed by atoms with Gasteiger partial charge in [0.05, 0.1) is 18.3 Å². The first-order valence-corrected chi connectivity index (χ1v) is 7.30. The van der Waals surface area contributed by atoms with E-state index in [4.69, 9.17) is 4.74 Å². The molecule has 0 N–H and O–H groups in total. The molecule has 0 spiro atoms. The number of benzene rings is 1. The van der Waals surface area contributed by atoms with E-state index in [1.165, 1.54) is 0 Å². The number of rotatable bonds is 2. The highest BCUT2D eigenvalue weighted by molar-refractivity contribution is 5.86. The quantitative estimate of drug-likeness (QED) is 0.569. The monoisotopic (exact) mass is 305 g/mol. The van der Waals surface area contributed by atoms with Gasteiger partial charge in [-0.1, -0.05) is 6.07 Å². The number of aryl methyl sites for hydroxylation is 2. The molecule has 0 radical (unpaired) electrons. The van der Waals surface area contributed by atoms with E-state index in [9.17, 15) is 0 Å². The van der Waals surface area contributed by atoms with E-state index in [-0.39, 0.29) is 0 Å². The van der Waals surface area contributed by atoms with Gasteiger partial charge >= 0.3 is 0 Å². The standard InChI is InChI=1S/C17H15N5O/c1-10-9-18-8-7-12(10)17-21-20-16-11(2)19-13-5-4-6-14(23-3)15(13)22(16)17/h4-9H,1-3H3. The maximum absolute atomic E-state index is 5.54. The van der Waals surface area contributed by atoms with Crippen LogP contribution in [0.25, 0.3) is 28.1 Å². The molecular formula is C17H15N5O. The molecule has 1 aromatic carbocycles. The molecule has 0 fully saturated rings. The van der Waals surface area contributed by atoms with Crippen molar-refractivity contribution in [3.63, 3.8) is 0 Å². The summed E-state index contributed by atoms with van der Waals surface area (Å²) in [5.74, 6) is 1.51. The van der Waals surface area contributed by atoms with Crippen LogP contribution in [0.5, 0.6) is 5.75 Å². The number of para-hydroxylation sites is 1. The second-order valence-electron chi connectivity index (χ2n) is 5.40. The van der Waals surface area contributed by atoms with E-state index in [1.807, 2.05) is 48.7 Å². The van der Waals surface area contributed by atoms with Crippen molar-refractivity contribution in [2.45, 2.75) is 13.8 Å². The molecule has 0 saturated heterocycles. The van der Waals surface area contributed by atoms with Crippen molar-refractivity contribution < 1.29 is 4.74 Å². The summed E-state index contributed by atoms with van der Waals surface area (Å²) < 4.78 is 7.55. The Morgan fingerprint density at radius 3 is 2.74 bits per heavy atom. The summed E-state index contributed by atoms with van der Waals surface area (Å²) in [6.45, 7) is 3.95. The minimum Gasteiger partial charge on any atom is -0.494 e. The molecule has 3 aromatic heterocycles. The lowest BCUT2D eigenvalue weighted by atomic mass is 10.1. The van der Waals surface area contributed by atoms with Gasteiger partial charge in [-0.15, -0.1) is 10.2 Å². The predicted octanol–water partition coefficient (Wildman–Crippen LogP) is 2.96. The molecule has 4 rings (SSSR count). The summed E-state index contributed by atoms with van der Waals surface area (Å²) in [4.78, 5) is 8.78. The number of aromatic nitrogens is 5. The highest BCUT2D eigenvalue weighted by Crippen LogP contribution is 2.30. The summed E-state index contributed by atoms with van der Waals surface area (Å²) in [7, 11) is 1.65. The van der Waals surface area contributed by atoms with Crippen LogP contribution in [0.2, 0.25) is 0 Å². The van der Waals surface area contributed by atoms with Gasteiger partial charge in [0.25, 0.3) is 0 Å². The molecule has 0 unspecified atom stereocenters. The maximum Gasteiger partial charge on any atom is 0.183 e. The van der Waals surface area contributed by atoms with Gasteiger partial charge < -0.3 is 4.74 Å². The van der Waals surface area contributed by atoms with Crippen molar-refractivity contribution >= 4 is 16.7 Å². The Balaban J connectivity index is 2.22. The second kappa shape index (κ2) is 5.01. The number of hydrogen-bond donors (Lipinski definition) is 0. The maximum atomic E-state index is 5.54. The van der Waals surface area contributed by atoms with Gasteiger partial charge in [0.2, 0.25) is 0 Å². The van der Waals surface area contributed by atoms with Crippen molar-refractivity contribution in [1.29, 1.82) is 0 Å². The van der Waals surface area contributed by atoms with Crippen molar-refractivity contribution in [3.05, 3.63) is 47.9 Å². The summed E-state index contributed by atoms with van der Waals surface area (Å²) in [5.41, 5.74) is 5.31. The second-order valence-corrected chi connectivity index (χ2v) is 5.40. The largest absolute Gasteiger partial charge is 0.494 e. The fraction of sp³-hybridized carbons (Fsp3) is 0.176. The summed E-state index contributed by atoms with van der Waals surface area (Å²) >= 11 is 0. The average molecular weight is 305 g/mol. The molecule has 0 aliphatic heterocycles. The van der Waals surface area contributed by atoms with Crippen LogP contribution in [0, 0.1) is 13.8 Å². The normalized spacial score (nSPS) is 11.3. The van der Waals surface area contributed by atoms with Gasteiger partial charge in [0, 0.05) is 18.0 Å². The summed E-state index contributed by atoms with van der Waals surface area (Å²) in [6, 6.07) is 7.76. The van der Waals surface area contributed by atoms with Crippen LogP contribution in [-0.4, -0.2) is 31.7 Å². The summed E-state index contributed by atoms with van der Waals surface area (Å²) in [6.07, 6.45) is 3.58. The molecule has 6 nitrogen and oxygen atoms in total. The Bertz CT molecular complexity index is 1040. The van der Waals surface area contributed by atoms with Crippen LogP contribution >= 0.6 is 0 Å². The molecule has 0 amide bonds. The molecule has 0 aliphatic rings. The Morgan fingerprint density at radius 2 is 1.96 bits per heavy atom. The smallest absolute Gasteiger partial charge is 0.183 e. The third-order valence-corrected chi connectivity index (χ3v) is 3.96. The molecule has 0 bridgehead atoms. The third-order valence-electron chi connectivity index (χ3n) is 3.96. The minimum absolute atomic E-state index is 0.730. The first-order chi connectivity index (χ1) is 11.2. The van der Waals surface area contributed by atoms with E-state index in [0.29, 0.717) is 0 Å².